The first kappa shape index (κ1) is 14.7. The van der Waals surface area contributed by atoms with Gasteiger partial charge in [0, 0.05) is 13.1 Å². The predicted octanol–water partition coefficient (Wildman–Crippen LogP) is 3.11. The average molecular weight is 266 g/mol. The number of rotatable bonds is 9. The molecule has 0 aromatic heterocycles. The average Bonchev–Trinajstić information content (AvgIpc) is 2.38. The number of nitrogens with one attached hydrogen (secondary N) is 2. The van der Waals surface area contributed by atoms with Gasteiger partial charge in [-0.15, -0.1) is 13.2 Å². The van der Waals surface area contributed by atoms with Crippen molar-refractivity contribution in [2.75, 3.05) is 13.1 Å². The first-order valence-electron chi connectivity index (χ1n) is 5.77. The molecule has 0 aliphatic heterocycles. The Morgan fingerprint density at radius 1 is 1.17 bits per heavy atom. The van der Waals surface area contributed by atoms with Gasteiger partial charge in [-0.3, -0.25) is 0 Å². The molecule has 1 aromatic carbocycles. The third-order valence-corrected chi connectivity index (χ3v) is 3.80. The Balaban J connectivity index is 2.67. The first-order chi connectivity index (χ1) is 8.70. The second-order valence-corrected chi connectivity index (χ2v) is 5.51. The molecule has 0 aliphatic carbocycles. The number of benzene rings is 1. The number of para-hydroxylation sites is 1. The van der Waals surface area contributed by atoms with Crippen molar-refractivity contribution in [1.29, 1.82) is 0 Å². The Hall–Kier alpha value is -1.35. The van der Waals surface area contributed by atoms with E-state index in [0.717, 1.165) is 6.42 Å². The van der Waals surface area contributed by atoms with Gasteiger partial charge in [0.1, 0.15) is 5.75 Å². The van der Waals surface area contributed by atoms with E-state index in [9.17, 15) is 4.57 Å². The largest absolute Gasteiger partial charge is 0.422 e. The van der Waals surface area contributed by atoms with E-state index in [0.29, 0.717) is 18.8 Å². The highest BCUT2D eigenvalue weighted by atomic mass is 31.2. The lowest BCUT2D eigenvalue weighted by atomic mass is 10.3. The molecule has 1 rings (SSSR count). The normalized spacial score (nSPS) is 13.6. The molecule has 0 spiro atoms. The van der Waals surface area contributed by atoms with E-state index in [-0.39, 0.29) is 0 Å². The Morgan fingerprint density at radius 3 is 2.50 bits per heavy atom. The second kappa shape index (κ2) is 7.88. The van der Waals surface area contributed by atoms with Crippen LogP contribution in [0.2, 0.25) is 0 Å². The highest BCUT2D eigenvalue weighted by molar-refractivity contribution is 7.55. The molecule has 1 aromatic rings. The topological polar surface area (TPSA) is 50.4 Å². The van der Waals surface area contributed by atoms with Crippen molar-refractivity contribution >= 4 is 7.67 Å². The molecule has 0 radical (unpaired) electrons. The van der Waals surface area contributed by atoms with E-state index in [1.807, 2.05) is 18.2 Å². The Morgan fingerprint density at radius 2 is 1.89 bits per heavy atom. The summed E-state index contributed by atoms with van der Waals surface area (Å²) in [4.78, 5) is 0. The molecule has 2 N–H and O–H groups in total. The van der Waals surface area contributed by atoms with Gasteiger partial charge in [-0.2, -0.15) is 0 Å². The number of hydrogen-bond acceptors (Lipinski definition) is 2. The van der Waals surface area contributed by atoms with Crippen LogP contribution in [0.15, 0.2) is 55.6 Å². The van der Waals surface area contributed by atoms with E-state index in [1.165, 1.54) is 0 Å². The molecular formula is C13H19N2O2P. The van der Waals surface area contributed by atoms with Crippen molar-refractivity contribution in [1.82, 2.24) is 10.2 Å². The summed E-state index contributed by atoms with van der Waals surface area (Å²) in [6.07, 6.45) is 4.11. The molecule has 0 saturated heterocycles. The van der Waals surface area contributed by atoms with Crippen LogP contribution in [-0.4, -0.2) is 13.1 Å². The molecule has 5 heteroatoms. The summed E-state index contributed by atoms with van der Waals surface area (Å²) in [5.41, 5.74) is 0. The van der Waals surface area contributed by atoms with Gasteiger partial charge in [0.25, 0.3) is 0 Å². The van der Waals surface area contributed by atoms with E-state index in [2.05, 4.69) is 23.3 Å². The monoisotopic (exact) mass is 266 g/mol. The maximum absolute atomic E-state index is 12.5. The fourth-order valence-electron chi connectivity index (χ4n) is 1.25. The molecule has 0 aliphatic rings. The molecule has 1 unspecified atom stereocenters. The molecule has 18 heavy (non-hydrogen) atoms. The van der Waals surface area contributed by atoms with Crippen LogP contribution in [0.4, 0.5) is 0 Å². The Labute approximate surface area is 108 Å². The minimum atomic E-state index is -3.11. The van der Waals surface area contributed by atoms with E-state index >= 15 is 0 Å². The van der Waals surface area contributed by atoms with Gasteiger partial charge in [-0.05, 0) is 18.6 Å². The lowest BCUT2D eigenvalue weighted by Crippen LogP contribution is -2.26. The summed E-state index contributed by atoms with van der Waals surface area (Å²) < 4.78 is 18.0. The van der Waals surface area contributed by atoms with Crippen molar-refractivity contribution in [3.05, 3.63) is 55.6 Å². The summed E-state index contributed by atoms with van der Waals surface area (Å²) in [5.74, 6) is 0.559. The predicted molar refractivity (Wildman–Crippen MR) is 75.7 cm³/mol. The summed E-state index contributed by atoms with van der Waals surface area (Å²) in [6.45, 7) is 8.15. The lowest BCUT2D eigenvalue weighted by molar-refractivity contribution is 0.455. The van der Waals surface area contributed by atoms with Crippen LogP contribution in [0, 0.1) is 0 Å². The van der Waals surface area contributed by atoms with Crippen molar-refractivity contribution in [3.63, 3.8) is 0 Å². The molecule has 0 fully saturated rings. The van der Waals surface area contributed by atoms with Gasteiger partial charge in [-0.25, -0.2) is 14.7 Å². The fraction of sp³-hybridized carbons (Fsp3) is 0.231. The van der Waals surface area contributed by atoms with Gasteiger partial charge in [0.2, 0.25) is 0 Å². The van der Waals surface area contributed by atoms with Gasteiger partial charge in [0.05, 0.1) is 0 Å². The molecule has 0 heterocycles. The fourth-order valence-corrected chi connectivity index (χ4v) is 2.70. The van der Waals surface area contributed by atoms with Crippen LogP contribution in [-0.2, 0) is 4.57 Å². The van der Waals surface area contributed by atoms with Crippen molar-refractivity contribution in [2.24, 2.45) is 0 Å². The third-order valence-electron chi connectivity index (χ3n) is 2.09. The second-order valence-electron chi connectivity index (χ2n) is 3.59. The summed E-state index contributed by atoms with van der Waals surface area (Å²) in [7, 11) is -3.11. The molecule has 4 nitrogen and oxygen atoms in total. The molecule has 98 valence electrons. The molecule has 0 saturated carbocycles. The van der Waals surface area contributed by atoms with Gasteiger partial charge >= 0.3 is 7.67 Å². The van der Waals surface area contributed by atoms with Crippen molar-refractivity contribution in [2.45, 2.75) is 6.42 Å². The summed E-state index contributed by atoms with van der Waals surface area (Å²) in [6, 6.07) is 9.06. The van der Waals surface area contributed by atoms with Gasteiger partial charge in [-0.1, -0.05) is 30.4 Å². The minimum Gasteiger partial charge on any atom is -0.422 e. The molecule has 0 amide bonds. The van der Waals surface area contributed by atoms with Gasteiger partial charge < -0.3 is 4.52 Å². The summed E-state index contributed by atoms with van der Waals surface area (Å²) >= 11 is 0. The zero-order valence-electron chi connectivity index (χ0n) is 10.3. The highest BCUT2D eigenvalue weighted by Crippen LogP contribution is 2.38. The van der Waals surface area contributed by atoms with Gasteiger partial charge in [0.15, 0.2) is 0 Å². The van der Waals surface area contributed by atoms with E-state index in [1.54, 1.807) is 24.3 Å². The summed E-state index contributed by atoms with van der Waals surface area (Å²) in [5, 5.41) is 5.71. The SMILES string of the molecule is C=CCCNP(=O)(NCC=C)Oc1ccccc1. The van der Waals surface area contributed by atoms with Crippen molar-refractivity contribution < 1.29 is 9.09 Å². The van der Waals surface area contributed by atoms with Crippen LogP contribution < -0.4 is 14.7 Å². The maximum Gasteiger partial charge on any atom is 0.390 e. The number of hydrogen-bond donors (Lipinski definition) is 2. The smallest absolute Gasteiger partial charge is 0.390 e. The van der Waals surface area contributed by atoms with E-state index < -0.39 is 7.67 Å². The molecule has 1 atom stereocenters. The Bertz CT molecular complexity index is 420. The lowest BCUT2D eigenvalue weighted by Gasteiger charge is -2.20. The Kier molecular flexibility index (Phi) is 6.44. The minimum absolute atomic E-state index is 0.408. The molecular weight excluding hydrogens is 247 g/mol. The van der Waals surface area contributed by atoms with Crippen LogP contribution in [0.1, 0.15) is 6.42 Å². The van der Waals surface area contributed by atoms with Crippen LogP contribution in [0.25, 0.3) is 0 Å². The first-order valence-corrected chi connectivity index (χ1v) is 7.39. The standard InChI is InChI=1S/C13H19N2O2P/c1-3-5-12-15-18(16,14-11-4-2)17-13-9-7-6-8-10-13/h3-4,6-10H,1-2,5,11-12H2,(H2,14,15,16). The van der Waals surface area contributed by atoms with Crippen LogP contribution >= 0.6 is 7.67 Å². The molecule has 0 bridgehead atoms. The maximum atomic E-state index is 12.5. The zero-order valence-corrected chi connectivity index (χ0v) is 11.2. The van der Waals surface area contributed by atoms with Crippen LogP contribution in [0.5, 0.6) is 5.75 Å². The van der Waals surface area contributed by atoms with Crippen molar-refractivity contribution in [3.8, 4) is 5.75 Å². The van der Waals surface area contributed by atoms with Crippen LogP contribution in [0.3, 0.4) is 0 Å². The zero-order chi connectivity index (χ0) is 13.3. The highest BCUT2D eigenvalue weighted by Gasteiger charge is 2.22. The van der Waals surface area contributed by atoms with E-state index in [4.69, 9.17) is 4.52 Å². The third kappa shape index (κ3) is 5.32. The quantitative estimate of drug-likeness (QED) is 0.409.